The van der Waals surface area contributed by atoms with Crippen LogP contribution >= 0.6 is 0 Å². The van der Waals surface area contributed by atoms with E-state index in [0.717, 1.165) is 26.9 Å². The van der Waals surface area contributed by atoms with Crippen molar-refractivity contribution in [2.24, 2.45) is 0 Å². The van der Waals surface area contributed by atoms with Gasteiger partial charge in [0.05, 0.1) is 31.6 Å². The zero-order valence-corrected chi connectivity index (χ0v) is 20.0. The maximum Gasteiger partial charge on any atom is 0.317 e. The van der Waals surface area contributed by atoms with E-state index in [1.54, 1.807) is 0 Å². The summed E-state index contributed by atoms with van der Waals surface area (Å²) in [7, 11) is 0. The van der Waals surface area contributed by atoms with E-state index < -0.39 is 67.8 Å². The van der Waals surface area contributed by atoms with Gasteiger partial charge in [-0.05, 0) is 6.42 Å². The molecule has 1 aliphatic heterocycles. The number of aliphatic carboxylic acids is 4. The quantitative estimate of drug-likeness (QED) is 0.0988. The van der Waals surface area contributed by atoms with Gasteiger partial charge in [-0.15, -0.1) is 0 Å². The van der Waals surface area contributed by atoms with E-state index in [0.29, 0.717) is 0 Å². The average Bonchev–Trinajstić information content (AvgIpc) is 3.08. The van der Waals surface area contributed by atoms with Crippen LogP contribution in [-0.4, -0.2) is 143 Å². The molecule has 206 valence electrons. The zero-order valence-electron chi connectivity index (χ0n) is 20.0. The van der Waals surface area contributed by atoms with Crippen molar-refractivity contribution in [1.29, 1.82) is 0 Å². The molecule has 1 aliphatic rings. The van der Waals surface area contributed by atoms with E-state index in [1.807, 2.05) is 0 Å². The van der Waals surface area contributed by atoms with Crippen LogP contribution in [0.2, 0.25) is 0 Å². The molecule has 1 heterocycles. The Morgan fingerprint density at radius 1 is 0.730 bits per heavy atom. The fraction of sp³-hybridized carbons (Fsp3) is 0.571. The third-order valence-electron chi connectivity index (χ3n) is 5.04. The first kappa shape index (κ1) is 31.1. The Morgan fingerprint density at radius 3 is 1.57 bits per heavy atom. The van der Waals surface area contributed by atoms with Crippen LogP contribution in [0.5, 0.6) is 0 Å². The van der Waals surface area contributed by atoms with Gasteiger partial charge in [0.15, 0.2) is 0 Å². The highest BCUT2D eigenvalue weighted by Crippen LogP contribution is 2.03. The number of imide groups is 1. The largest absolute Gasteiger partial charge is 0.549 e. The normalized spacial score (nSPS) is 13.1. The summed E-state index contributed by atoms with van der Waals surface area (Å²) < 4.78 is 0. The Hall–Kier alpha value is -3.89. The summed E-state index contributed by atoms with van der Waals surface area (Å²) in [5.41, 5.74) is 0. The molecule has 37 heavy (non-hydrogen) atoms. The molecule has 0 atom stereocenters. The van der Waals surface area contributed by atoms with Crippen molar-refractivity contribution >= 4 is 41.6 Å². The molecule has 0 saturated heterocycles. The minimum atomic E-state index is -1.50. The average molecular weight is 527 g/mol. The summed E-state index contributed by atoms with van der Waals surface area (Å²) >= 11 is 0. The second kappa shape index (κ2) is 16.0. The lowest BCUT2D eigenvalue weighted by molar-refractivity contribution is -0.307. The van der Waals surface area contributed by atoms with Gasteiger partial charge in [0.25, 0.3) is 11.8 Å². The SMILES string of the molecule is O=C([O-])CN(CCN(CCN(CC(=O)[O-])CC(=O)O)CC(=O)NCCCN1C(=O)C=CC1=O)CC(=O)O. The van der Waals surface area contributed by atoms with Crippen molar-refractivity contribution in [1.82, 2.24) is 24.9 Å². The van der Waals surface area contributed by atoms with Gasteiger partial charge in [-0.3, -0.25) is 43.6 Å². The lowest BCUT2D eigenvalue weighted by Gasteiger charge is -2.29. The molecular formula is C21H29N5O11-2. The molecule has 3 amide bonds. The lowest BCUT2D eigenvalue weighted by Crippen LogP contribution is -2.48. The summed E-state index contributed by atoms with van der Waals surface area (Å²) in [6, 6.07) is 0. The first-order valence-corrected chi connectivity index (χ1v) is 11.2. The number of carbonyl (C=O) groups is 7. The molecule has 0 radical (unpaired) electrons. The molecule has 0 aromatic heterocycles. The number of hydrogen-bond donors (Lipinski definition) is 3. The second-order valence-electron chi connectivity index (χ2n) is 8.09. The Balaban J connectivity index is 2.72. The number of nitrogens with zero attached hydrogens (tertiary/aromatic N) is 4. The standard InChI is InChI=1S/C21H31N5O11/c27-15(22-4-1-5-26-16(28)2-3-17(26)29)10-23(6-8-24(11-18(30)31)12-19(32)33)7-9-25(13-20(34)35)14-21(36)37/h2-3H,1,4-14H2,(H,22,27)(H,30,31)(H,32,33)(H,34,35)(H,36,37)/p-2. The fourth-order valence-electron chi connectivity index (χ4n) is 3.39. The van der Waals surface area contributed by atoms with Crippen LogP contribution in [0, 0.1) is 0 Å². The highest BCUT2D eigenvalue weighted by atomic mass is 16.4. The molecule has 1 rings (SSSR count). The summed E-state index contributed by atoms with van der Waals surface area (Å²) in [4.78, 5) is 84.0. The molecule has 0 aromatic carbocycles. The molecule has 0 unspecified atom stereocenters. The highest BCUT2D eigenvalue weighted by Gasteiger charge is 2.22. The van der Waals surface area contributed by atoms with E-state index in [9.17, 15) is 43.8 Å². The van der Waals surface area contributed by atoms with E-state index >= 15 is 0 Å². The first-order chi connectivity index (χ1) is 17.4. The number of carboxylic acids is 4. The van der Waals surface area contributed by atoms with Gasteiger partial charge < -0.3 is 35.3 Å². The van der Waals surface area contributed by atoms with Crippen molar-refractivity contribution in [2.45, 2.75) is 6.42 Å². The topological polar surface area (TPSA) is 231 Å². The van der Waals surface area contributed by atoms with E-state index in [-0.39, 0.29) is 52.2 Å². The van der Waals surface area contributed by atoms with Crippen LogP contribution in [0.25, 0.3) is 0 Å². The molecule has 0 spiro atoms. The smallest absolute Gasteiger partial charge is 0.317 e. The van der Waals surface area contributed by atoms with Crippen molar-refractivity contribution in [2.75, 3.05) is 72.0 Å². The van der Waals surface area contributed by atoms with Gasteiger partial charge in [0.2, 0.25) is 5.91 Å². The summed E-state index contributed by atoms with van der Waals surface area (Å²) in [5, 5.41) is 42.4. The maximum atomic E-state index is 12.4. The van der Waals surface area contributed by atoms with Crippen LogP contribution in [0.4, 0.5) is 0 Å². The number of hydrogen-bond acceptors (Lipinski definition) is 12. The van der Waals surface area contributed by atoms with Crippen LogP contribution < -0.4 is 15.5 Å². The fourth-order valence-corrected chi connectivity index (χ4v) is 3.39. The Bertz CT molecular complexity index is 817. The van der Waals surface area contributed by atoms with Gasteiger partial charge in [-0.2, -0.15) is 0 Å². The van der Waals surface area contributed by atoms with E-state index in [1.165, 1.54) is 4.90 Å². The second-order valence-corrected chi connectivity index (χ2v) is 8.09. The Kier molecular flexibility index (Phi) is 13.4. The summed E-state index contributed by atoms with van der Waals surface area (Å²) in [6.45, 7) is -2.83. The molecule has 3 N–H and O–H groups in total. The minimum Gasteiger partial charge on any atom is -0.549 e. The number of nitrogens with one attached hydrogen (secondary N) is 1. The molecule has 0 aromatic rings. The highest BCUT2D eigenvalue weighted by molar-refractivity contribution is 6.12. The number of carbonyl (C=O) groups excluding carboxylic acids is 5. The number of rotatable bonds is 20. The molecule has 0 bridgehead atoms. The first-order valence-electron chi connectivity index (χ1n) is 11.2. The maximum absolute atomic E-state index is 12.4. The summed E-state index contributed by atoms with van der Waals surface area (Å²) in [6.07, 6.45) is 2.56. The molecule has 0 saturated carbocycles. The molecule has 0 fully saturated rings. The van der Waals surface area contributed by atoms with Crippen LogP contribution in [0.1, 0.15) is 6.42 Å². The van der Waals surface area contributed by atoms with Crippen molar-refractivity contribution in [3.63, 3.8) is 0 Å². The number of carboxylic acid groups (broad SMARTS) is 4. The third-order valence-corrected chi connectivity index (χ3v) is 5.04. The molecule has 16 nitrogen and oxygen atoms in total. The van der Waals surface area contributed by atoms with Crippen molar-refractivity contribution in [3.8, 4) is 0 Å². The van der Waals surface area contributed by atoms with E-state index in [4.69, 9.17) is 10.2 Å². The van der Waals surface area contributed by atoms with E-state index in [2.05, 4.69) is 5.32 Å². The van der Waals surface area contributed by atoms with Crippen LogP contribution in [0.3, 0.4) is 0 Å². The predicted octanol–water partition coefficient (Wildman–Crippen LogP) is -6.01. The Morgan fingerprint density at radius 2 is 1.16 bits per heavy atom. The minimum absolute atomic E-state index is 0.0112. The third kappa shape index (κ3) is 13.7. The zero-order chi connectivity index (χ0) is 28.0. The van der Waals surface area contributed by atoms with Gasteiger partial charge in [0.1, 0.15) is 0 Å². The van der Waals surface area contributed by atoms with Crippen molar-refractivity contribution in [3.05, 3.63) is 12.2 Å². The monoisotopic (exact) mass is 527 g/mol. The lowest BCUT2D eigenvalue weighted by atomic mass is 10.3. The van der Waals surface area contributed by atoms with Gasteiger partial charge in [-0.1, -0.05) is 0 Å². The van der Waals surface area contributed by atoms with Gasteiger partial charge >= 0.3 is 11.9 Å². The summed E-state index contributed by atoms with van der Waals surface area (Å²) in [5.74, 6) is -6.96. The molecule has 16 heteroatoms. The van der Waals surface area contributed by atoms with Crippen LogP contribution in [0.15, 0.2) is 12.2 Å². The van der Waals surface area contributed by atoms with Crippen molar-refractivity contribution < 1.29 is 54.0 Å². The molecule has 0 aliphatic carbocycles. The number of amides is 3. The van der Waals surface area contributed by atoms with Gasteiger partial charge in [-0.25, -0.2) is 0 Å². The van der Waals surface area contributed by atoms with Gasteiger partial charge in [0, 0.05) is 64.5 Å². The van der Waals surface area contributed by atoms with Crippen LogP contribution in [-0.2, 0) is 33.6 Å². The Labute approximate surface area is 211 Å². The predicted molar refractivity (Wildman–Crippen MR) is 118 cm³/mol. The molecular weight excluding hydrogens is 498 g/mol.